The lowest BCUT2D eigenvalue weighted by Crippen LogP contribution is -1.90. The first kappa shape index (κ1) is 6.15. The summed E-state index contributed by atoms with van der Waals surface area (Å²) in [7, 11) is 1.93. The van der Waals surface area contributed by atoms with E-state index in [1.54, 1.807) is 0 Å². The van der Waals surface area contributed by atoms with E-state index >= 15 is 0 Å². The number of nitrogens with two attached hydrogens (primary N) is 1. The van der Waals surface area contributed by atoms with Crippen LogP contribution < -0.4 is 5.73 Å². The molecule has 0 saturated heterocycles. The highest BCUT2D eigenvalue weighted by Crippen LogP contribution is 2.15. The normalized spacial score (nSPS) is 10.6. The van der Waals surface area contributed by atoms with Crippen LogP contribution in [0.4, 0.5) is 5.82 Å². The van der Waals surface area contributed by atoms with Gasteiger partial charge in [0.1, 0.15) is 12.1 Å². The summed E-state index contributed by atoms with van der Waals surface area (Å²) in [4.78, 5) is 7.92. The number of nitrogens with zero attached hydrogens (tertiary/aromatic N) is 3. The number of aryl methyl sites for hydroxylation is 1. The van der Waals surface area contributed by atoms with Crippen LogP contribution in [0.3, 0.4) is 0 Å². The van der Waals surface area contributed by atoms with Gasteiger partial charge in [-0.25, -0.2) is 9.97 Å². The van der Waals surface area contributed by atoms with Crippen LogP contribution in [0, 0.1) is 0 Å². The average molecular weight is 148 g/mol. The Bertz CT molecular complexity index is 390. The lowest BCUT2D eigenvalue weighted by Gasteiger charge is -1.90. The molecule has 0 bridgehead atoms. The van der Waals surface area contributed by atoms with Crippen molar-refractivity contribution < 1.29 is 0 Å². The van der Waals surface area contributed by atoms with Gasteiger partial charge in [-0.2, -0.15) is 0 Å². The number of hydrogen-bond donors (Lipinski definition) is 1. The highest BCUT2D eigenvalue weighted by Gasteiger charge is 2.00. The van der Waals surface area contributed by atoms with E-state index in [0.29, 0.717) is 5.82 Å². The molecule has 0 amide bonds. The number of fused-ring (bicyclic) bond motifs is 1. The zero-order valence-corrected chi connectivity index (χ0v) is 6.15. The largest absolute Gasteiger partial charge is 0.383 e. The second-order valence-corrected chi connectivity index (χ2v) is 2.48. The zero-order chi connectivity index (χ0) is 7.84. The van der Waals surface area contributed by atoms with Crippen LogP contribution in [0.5, 0.6) is 0 Å². The minimum Gasteiger partial charge on any atom is -0.383 e. The molecule has 0 aliphatic heterocycles. The standard InChI is InChI=1S/C7H8N4/c1-11-2-5-6(3-11)9-4-10-7(5)8/h2-4H,1H3,(H2,8,9,10). The Labute approximate surface area is 63.7 Å². The van der Waals surface area contributed by atoms with Gasteiger partial charge >= 0.3 is 0 Å². The number of aromatic nitrogens is 3. The maximum absolute atomic E-state index is 5.61. The first-order valence-corrected chi connectivity index (χ1v) is 3.29. The van der Waals surface area contributed by atoms with Crippen LogP contribution in [0.25, 0.3) is 10.9 Å². The van der Waals surface area contributed by atoms with Crippen LogP contribution >= 0.6 is 0 Å². The molecule has 4 heteroatoms. The molecule has 2 aromatic heterocycles. The predicted octanol–water partition coefficient (Wildman–Crippen LogP) is 0.550. The molecule has 11 heavy (non-hydrogen) atoms. The van der Waals surface area contributed by atoms with E-state index in [1.165, 1.54) is 6.33 Å². The lowest BCUT2D eigenvalue weighted by atomic mass is 10.4. The Morgan fingerprint density at radius 1 is 1.36 bits per heavy atom. The molecule has 0 unspecified atom stereocenters. The third-order valence-electron chi connectivity index (χ3n) is 1.60. The van der Waals surface area contributed by atoms with Gasteiger partial charge in [0, 0.05) is 19.4 Å². The minimum atomic E-state index is 0.538. The monoisotopic (exact) mass is 148 g/mol. The molecule has 2 heterocycles. The van der Waals surface area contributed by atoms with Crippen molar-refractivity contribution in [2.45, 2.75) is 0 Å². The van der Waals surface area contributed by atoms with Crippen molar-refractivity contribution in [1.82, 2.24) is 14.5 Å². The van der Waals surface area contributed by atoms with Gasteiger partial charge < -0.3 is 10.3 Å². The Hall–Kier alpha value is -1.58. The molecule has 0 fully saturated rings. The van der Waals surface area contributed by atoms with E-state index in [1.807, 2.05) is 24.0 Å². The van der Waals surface area contributed by atoms with E-state index in [2.05, 4.69) is 9.97 Å². The molecule has 0 aliphatic rings. The third-order valence-corrected chi connectivity index (χ3v) is 1.60. The summed E-state index contributed by atoms with van der Waals surface area (Å²) in [6.45, 7) is 0. The van der Waals surface area contributed by atoms with Crippen molar-refractivity contribution >= 4 is 16.7 Å². The minimum absolute atomic E-state index is 0.538. The average Bonchev–Trinajstić information content (AvgIpc) is 2.31. The fraction of sp³-hybridized carbons (Fsp3) is 0.143. The number of rotatable bonds is 0. The maximum atomic E-state index is 5.61. The summed E-state index contributed by atoms with van der Waals surface area (Å²) in [6.07, 6.45) is 5.29. The lowest BCUT2D eigenvalue weighted by molar-refractivity contribution is 0.932. The summed E-state index contributed by atoms with van der Waals surface area (Å²) in [5.74, 6) is 0.538. The fourth-order valence-corrected chi connectivity index (χ4v) is 1.09. The molecule has 4 nitrogen and oxygen atoms in total. The Kier molecular flexibility index (Phi) is 1.09. The molecule has 0 spiro atoms. The molecule has 0 aromatic carbocycles. The summed E-state index contributed by atoms with van der Waals surface area (Å²) < 4.78 is 1.91. The quantitative estimate of drug-likeness (QED) is 0.593. The van der Waals surface area contributed by atoms with Crippen molar-refractivity contribution in [1.29, 1.82) is 0 Å². The van der Waals surface area contributed by atoms with Crippen molar-refractivity contribution in [2.75, 3.05) is 5.73 Å². The molecule has 0 saturated carbocycles. The molecule has 2 aromatic rings. The van der Waals surface area contributed by atoms with E-state index in [4.69, 9.17) is 5.73 Å². The first-order valence-electron chi connectivity index (χ1n) is 3.29. The zero-order valence-electron chi connectivity index (χ0n) is 6.15. The van der Waals surface area contributed by atoms with E-state index in [0.717, 1.165) is 10.9 Å². The Morgan fingerprint density at radius 3 is 2.91 bits per heavy atom. The van der Waals surface area contributed by atoms with Gasteiger partial charge in [0.2, 0.25) is 0 Å². The highest BCUT2D eigenvalue weighted by atomic mass is 15.0. The SMILES string of the molecule is Cn1cc2ncnc(N)c2c1. The van der Waals surface area contributed by atoms with Crippen molar-refractivity contribution in [3.05, 3.63) is 18.7 Å². The predicted molar refractivity (Wildman–Crippen MR) is 42.9 cm³/mol. The van der Waals surface area contributed by atoms with Crippen LogP contribution in [-0.2, 0) is 7.05 Å². The van der Waals surface area contributed by atoms with Gasteiger partial charge in [-0.05, 0) is 0 Å². The topological polar surface area (TPSA) is 56.7 Å². The Balaban J connectivity index is 2.90. The van der Waals surface area contributed by atoms with Crippen molar-refractivity contribution in [2.24, 2.45) is 7.05 Å². The summed E-state index contributed by atoms with van der Waals surface area (Å²) in [5.41, 5.74) is 6.49. The van der Waals surface area contributed by atoms with E-state index < -0.39 is 0 Å². The summed E-state index contributed by atoms with van der Waals surface area (Å²) in [6, 6.07) is 0. The maximum Gasteiger partial charge on any atom is 0.136 e. The van der Waals surface area contributed by atoms with Crippen LogP contribution in [-0.4, -0.2) is 14.5 Å². The van der Waals surface area contributed by atoms with E-state index in [-0.39, 0.29) is 0 Å². The fourth-order valence-electron chi connectivity index (χ4n) is 1.09. The van der Waals surface area contributed by atoms with Crippen molar-refractivity contribution in [3.63, 3.8) is 0 Å². The summed E-state index contributed by atoms with van der Waals surface area (Å²) in [5, 5.41) is 0.912. The number of anilines is 1. The second-order valence-electron chi connectivity index (χ2n) is 2.48. The molecule has 0 atom stereocenters. The molecule has 0 aliphatic carbocycles. The second kappa shape index (κ2) is 1.95. The molecule has 56 valence electrons. The molecule has 2 N–H and O–H groups in total. The van der Waals surface area contributed by atoms with Crippen LogP contribution in [0.1, 0.15) is 0 Å². The number of nitrogen functional groups attached to an aromatic ring is 1. The van der Waals surface area contributed by atoms with Gasteiger partial charge in [-0.15, -0.1) is 0 Å². The van der Waals surface area contributed by atoms with Gasteiger partial charge in [0.05, 0.1) is 10.9 Å². The van der Waals surface area contributed by atoms with Crippen molar-refractivity contribution in [3.8, 4) is 0 Å². The molecular formula is C7H8N4. The van der Waals surface area contributed by atoms with Crippen LogP contribution in [0.2, 0.25) is 0 Å². The Morgan fingerprint density at radius 2 is 2.18 bits per heavy atom. The summed E-state index contributed by atoms with van der Waals surface area (Å²) >= 11 is 0. The number of hydrogen-bond acceptors (Lipinski definition) is 3. The van der Waals surface area contributed by atoms with Gasteiger partial charge in [0.15, 0.2) is 0 Å². The van der Waals surface area contributed by atoms with Gasteiger partial charge in [-0.1, -0.05) is 0 Å². The first-order chi connectivity index (χ1) is 5.27. The molecule has 2 rings (SSSR count). The third kappa shape index (κ3) is 0.832. The van der Waals surface area contributed by atoms with E-state index in [9.17, 15) is 0 Å². The molecule has 0 radical (unpaired) electrons. The smallest absolute Gasteiger partial charge is 0.136 e. The van der Waals surface area contributed by atoms with Crippen LogP contribution in [0.15, 0.2) is 18.7 Å². The highest BCUT2D eigenvalue weighted by molar-refractivity contribution is 5.87. The van der Waals surface area contributed by atoms with Gasteiger partial charge in [-0.3, -0.25) is 0 Å². The van der Waals surface area contributed by atoms with Gasteiger partial charge in [0.25, 0.3) is 0 Å². The molecular weight excluding hydrogens is 140 g/mol.